The van der Waals surface area contributed by atoms with E-state index in [4.69, 9.17) is 5.11 Å². The minimum atomic E-state index is -0.872. The van der Waals surface area contributed by atoms with Crippen molar-refractivity contribution in [1.29, 1.82) is 0 Å². The van der Waals surface area contributed by atoms with Crippen LogP contribution in [-0.2, 0) is 4.79 Å². The molecule has 1 saturated carbocycles. The summed E-state index contributed by atoms with van der Waals surface area (Å²) in [6.45, 7) is 0. The third kappa shape index (κ3) is 3.02. The van der Waals surface area contributed by atoms with Gasteiger partial charge in [-0.3, -0.25) is 9.59 Å². The Morgan fingerprint density at radius 3 is 2.68 bits per heavy atom. The number of aliphatic carboxylic acids is 1. The number of aromatic nitrogens is 1. The van der Waals surface area contributed by atoms with Crippen molar-refractivity contribution in [2.75, 3.05) is 0 Å². The Hall–Kier alpha value is -1.82. The third-order valence-corrected chi connectivity index (χ3v) is 4.75. The highest BCUT2D eigenvalue weighted by Crippen LogP contribution is 2.33. The number of rotatable bonds is 4. The van der Waals surface area contributed by atoms with E-state index in [1.165, 1.54) is 0 Å². The average Bonchev–Trinajstić information content (AvgIpc) is 3.04. The topological polar surface area (TPSA) is 82.2 Å². The number of hydrogen-bond acceptors (Lipinski definition) is 2. The zero-order chi connectivity index (χ0) is 15.7. The second kappa shape index (κ2) is 5.76. The summed E-state index contributed by atoms with van der Waals surface area (Å²) in [6.07, 6.45) is 3.32. The molecule has 0 radical (unpaired) electrons. The van der Waals surface area contributed by atoms with E-state index in [0.717, 1.165) is 41.1 Å². The zero-order valence-electron chi connectivity index (χ0n) is 12.0. The fraction of sp³-hybridized carbons (Fsp3) is 0.375. The largest absolute Gasteiger partial charge is 0.481 e. The molecule has 1 amide bonds. The van der Waals surface area contributed by atoms with E-state index in [1.54, 1.807) is 6.07 Å². The van der Waals surface area contributed by atoms with Gasteiger partial charge >= 0.3 is 5.97 Å². The van der Waals surface area contributed by atoms with Crippen molar-refractivity contribution in [2.24, 2.45) is 0 Å². The number of carboxylic acid groups (broad SMARTS) is 1. The van der Waals surface area contributed by atoms with Crippen LogP contribution in [0.5, 0.6) is 0 Å². The fourth-order valence-electron chi connectivity index (χ4n) is 3.22. The average molecular weight is 365 g/mol. The van der Waals surface area contributed by atoms with Gasteiger partial charge in [0.2, 0.25) is 0 Å². The van der Waals surface area contributed by atoms with Crippen molar-refractivity contribution in [3.8, 4) is 0 Å². The molecule has 2 aromatic rings. The molecule has 0 aliphatic heterocycles. The lowest BCUT2D eigenvalue weighted by Crippen LogP contribution is -2.47. The molecule has 3 N–H and O–H groups in total. The molecule has 1 fully saturated rings. The fourth-order valence-corrected chi connectivity index (χ4v) is 3.58. The van der Waals surface area contributed by atoms with Crippen LogP contribution in [0.2, 0.25) is 0 Å². The van der Waals surface area contributed by atoms with Crippen molar-refractivity contribution < 1.29 is 14.7 Å². The highest BCUT2D eigenvalue weighted by Gasteiger charge is 2.37. The smallest absolute Gasteiger partial charge is 0.305 e. The summed E-state index contributed by atoms with van der Waals surface area (Å²) in [6, 6.07) is 7.55. The van der Waals surface area contributed by atoms with Gasteiger partial charge in [0.25, 0.3) is 5.91 Å². The van der Waals surface area contributed by atoms with E-state index in [9.17, 15) is 9.59 Å². The Balaban J connectivity index is 1.83. The first-order valence-corrected chi connectivity index (χ1v) is 8.09. The van der Waals surface area contributed by atoms with Crippen LogP contribution < -0.4 is 5.32 Å². The summed E-state index contributed by atoms with van der Waals surface area (Å²) in [5.74, 6) is -1.11. The van der Waals surface area contributed by atoms with Gasteiger partial charge in [-0.2, -0.15) is 0 Å². The number of benzene rings is 1. The summed E-state index contributed by atoms with van der Waals surface area (Å²) >= 11 is 3.40. The lowest BCUT2D eigenvalue weighted by atomic mass is 9.93. The molecule has 0 spiro atoms. The first-order valence-electron chi connectivity index (χ1n) is 7.30. The predicted octanol–water partition coefficient (Wildman–Crippen LogP) is 3.45. The summed E-state index contributed by atoms with van der Waals surface area (Å²) in [5.41, 5.74) is 0.726. The predicted molar refractivity (Wildman–Crippen MR) is 86.9 cm³/mol. The van der Waals surface area contributed by atoms with Gasteiger partial charge in [-0.05, 0) is 31.0 Å². The number of hydrogen-bond donors (Lipinski definition) is 3. The quantitative estimate of drug-likeness (QED) is 0.776. The second-order valence-corrected chi connectivity index (χ2v) is 6.84. The van der Waals surface area contributed by atoms with Gasteiger partial charge in [0, 0.05) is 15.4 Å². The lowest BCUT2D eigenvalue weighted by molar-refractivity contribution is -0.138. The van der Waals surface area contributed by atoms with E-state index in [-0.39, 0.29) is 12.3 Å². The van der Waals surface area contributed by atoms with E-state index < -0.39 is 11.5 Å². The highest BCUT2D eigenvalue weighted by atomic mass is 79.9. The molecule has 0 bridgehead atoms. The van der Waals surface area contributed by atoms with Crippen LogP contribution in [0.4, 0.5) is 0 Å². The molecule has 0 atom stereocenters. The lowest BCUT2D eigenvalue weighted by Gasteiger charge is -2.28. The molecule has 1 aromatic heterocycles. The molecule has 1 heterocycles. The monoisotopic (exact) mass is 364 g/mol. The van der Waals surface area contributed by atoms with Crippen LogP contribution in [0.15, 0.2) is 28.7 Å². The van der Waals surface area contributed by atoms with Crippen molar-refractivity contribution in [3.05, 3.63) is 34.4 Å². The number of aromatic amines is 1. The van der Waals surface area contributed by atoms with Crippen LogP contribution in [0.25, 0.3) is 10.9 Å². The Morgan fingerprint density at radius 1 is 1.27 bits per heavy atom. The maximum atomic E-state index is 12.5. The maximum absolute atomic E-state index is 12.5. The molecule has 5 nitrogen and oxygen atoms in total. The summed E-state index contributed by atoms with van der Waals surface area (Å²) in [5, 5.41) is 13.0. The number of carbonyl (C=O) groups is 2. The Kier molecular flexibility index (Phi) is 3.95. The minimum absolute atomic E-state index is 0.0233. The summed E-state index contributed by atoms with van der Waals surface area (Å²) < 4.78 is 0.937. The molecule has 22 heavy (non-hydrogen) atoms. The molecule has 0 unspecified atom stereocenters. The van der Waals surface area contributed by atoms with Crippen molar-refractivity contribution in [2.45, 2.75) is 37.6 Å². The zero-order valence-corrected chi connectivity index (χ0v) is 13.6. The molecule has 0 saturated heterocycles. The van der Waals surface area contributed by atoms with E-state index in [0.29, 0.717) is 5.69 Å². The Labute approximate surface area is 136 Å². The number of carbonyl (C=O) groups excluding carboxylic acids is 1. The van der Waals surface area contributed by atoms with Crippen LogP contribution in [-0.4, -0.2) is 27.5 Å². The first kappa shape index (κ1) is 15.1. The number of nitrogens with one attached hydrogen (secondary N) is 2. The molecule has 1 aromatic carbocycles. The van der Waals surface area contributed by atoms with E-state index in [1.807, 2.05) is 18.2 Å². The molecular weight excluding hydrogens is 348 g/mol. The molecule has 1 aliphatic rings. The molecule has 116 valence electrons. The van der Waals surface area contributed by atoms with Gasteiger partial charge in [0.15, 0.2) is 0 Å². The van der Waals surface area contributed by atoms with Crippen LogP contribution in [0.3, 0.4) is 0 Å². The SMILES string of the molecule is O=C(O)CC1(NC(=O)c2cc3ccc(Br)cc3[nH]2)CCCC1. The maximum Gasteiger partial charge on any atom is 0.305 e. The molecule has 3 rings (SSSR count). The van der Waals surface area contributed by atoms with Crippen LogP contribution in [0.1, 0.15) is 42.6 Å². The summed E-state index contributed by atoms with van der Waals surface area (Å²) in [7, 11) is 0. The minimum Gasteiger partial charge on any atom is -0.481 e. The normalized spacial score (nSPS) is 16.8. The highest BCUT2D eigenvalue weighted by molar-refractivity contribution is 9.10. The number of carboxylic acids is 1. The van der Waals surface area contributed by atoms with Gasteiger partial charge in [0.1, 0.15) is 5.69 Å². The van der Waals surface area contributed by atoms with Gasteiger partial charge in [-0.25, -0.2) is 0 Å². The number of H-pyrrole nitrogens is 1. The van der Waals surface area contributed by atoms with E-state index in [2.05, 4.69) is 26.2 Å². The summed E-state index contributed by atoms with van der Waals surface area (Å²) in [4.78, 5) is 26.7. The van der Waals surface area contributed by atoms with Crippen LogP contribution >= 0.6 is 15.9 Å². The van der Waals surface area contributed by atoms with E-state index >= 15 is 0 Å². The van der Waals surface area contributed by atoms with Crippen molar-refractivity contribution >= 4 is 38.7 Å². The van der Waals surface area contributed by atoms with Crippen molar-refractivity contribution in [1.82, 2.24) is 10.3 Å². The molecule has 1 aliphatic carbocycles. The molecule has 6 heteroatoms. The number of halogens is 1. The van der Waals surface area contributed by atoms with Crippen molar-refractivity contribution in [3.63, 3.8) is 0 Å². The number of fused-ring (bicyclic) bond motifs is 1. The Bertz CT molecular complexity index is 732. The number of amides is 1. The van der Waals surface area contributed by atoms with Gasteiger partial charge < -0.3 is 15.4 Å². The standard InChI is InChI=1S/C16H17BrN2O3/c17-11-4-3-10-7-13(18-12(10)8-11)15(22)19-16(9-14(20)21)5-1-2-6-16/h3-4,7-8,18H,1-2,5-6,9H2,(H,19,22)(H,20,21). The van der Waals surface area contributed by atoms with Gasteiger partial charge in [-0.1, -0.05) is 34.8 Å². The van der Waals surface area contributed by atoms with Crippen LogP contribution in [0, 0.1) is 0 Å². The van der Waals surface area contributed by atoms with Gasteiger partial charge in [0.05, 0.1) is 12.0 Å². The first-order chi connectivity index (χ1) is 10.5. The second-order valence-electron chi connectivity index (χ2n) is 5.93. The Morgan fingerprint density at radius 2 is 2.00 bits per heavy atom. The molecular formula is C16H17BrN2O3. The third-order valence-electron chi connectivity index (χ3n) is 4.26. The van der Waals surface area contributed by atoms with Gasteiger partial charge in [-0.15, -0.1) is 0 Å².